The number of nitrogens with zero attached hydrogens (tertiary/aromatic N) is 4. The Hall–Kier alpha value is -1.31. The molecule has 2 atom stereocenters. The molecule has 114 valence electrons. The zero-order chi connectivity index (χ0) is 15.0. The molecule has 2 aromatic heterocycles. The summed E-state index contributed by atoms with van der Waals surface area (Å²) in [7, 11) is 0. The summed E-state index contributed by atoms with van der Waals surface area (Å²) in [6.07, 6.45) is 1.25. The lowest BCUT2D eigenvalue weighted by Crippen LogP contribution is -2.45. The largest absolute Gasteiger partial charge is 0.373 e. The van der Waals surface area contributed by atoms with Crippen LogP contribution in [0.5, 0.6) is 0 Å². The molecular weight excluding hydrogens is 288 g/mol. The molecule has 0 unspecified atom stereocenters. The first-order valence-electron chi connectivity index (χ1n) is 7.31. The molecule has 1 aliphatic heterocycles. The van der Waals surface area contributed by atoms with Gasteiger partial charge in [-0.05, 0) is 20.3 Å². The third kappa shape index (κ3) is 3.14. The third-order valence-electron chi connectivity index (χ3n) is 3.52. The molecule has 7 heteroatoms. The highest BCUT2D eigenvalue weighted by molar-refractivity contribution is 7.16. The van der Waals surface area contributed by atoms with Crippen molar-refractivity contribution in [3.63, 3.8) is 0 Å². The van der Waals surface area contributed by atoms with E-state index in [1.807, 2.05) is 6.92 Å². The Bertz CT molecular complexity index is 686. The van der Waals surface area contributed by atoms with E-state index in [4.69, 9.17) is 4.74 Å². The number of aryl methyl sites for hydroxylation is 1. The fraction of sp³-hybridized carbons (Fsp3) is 0.643. The van der Waals surface area contributed by atoms with E-state index in [2.05, 4.69) is 28.8 Å². The normalized spacial score (nSPS) is 23.8. The van der Waals surface area contributed by atoms with Crippen LogP contribution in [0.1, 0.15) is 31.5 Å². The highest BCUT2D eigenvalue weighted by atomic mass is 32.1. The molecule has 3 rings (SSSR count). The summed E-state index contributed by atoms with van der Waals surface area (Å²) in [6, 6.07) is 1.59. The molecule has 1 aliphatic rings. The third-order valence-corrected chi connectivity index (χ3v) is 4.58. The Morgan fingerprint density at radius 3 is 2.76 bits per heavy atom. The van der Waals surface area contributed by atoms with Crippen LogP contribution in [-0.2, 0) is 17.7 Å². The van der Waals surface area contributed by atoms with Crippen LogP contribution in [0.2, 0.25) is 0 Å². The smallest absolute Gasteiger partial charge is 0.275 e. The summed E-state index contributed by atoms with van der Waals surface area (Å²) in [5.74, 6) is 0. The van der Waals surface area contributed by atoms with Crippen LogP contribution in [0.3, 0.4) is 0 Å². The summed E-state index contributed by atoms with van der Waals surface area (Å²) in [6.45, 7) is 8.60. The van der Waals surface area contributed by atoms with Crippen molar-refractivity contribution in [1.82, 2.24) is 19.5 Å². The van der Waals surface area contributed by atoms with Crippen molar-refractivity contribution in [2.24, 2.45) is 0 Å². The van der Waals surface area contributed by atoms with Crippen LogP contribution in [0.4, 0.5) is 0 Å². The predicted molar refractivity (Wildman–Crippen MR) is 81.8 cm³/mol. The molecule has 0 saturated carbocycles. The zero-order valence-electron chi connectivity index (χ0n) is 12.6. The maximum Gasteiger partial charge on any atom is 0.275 e. The molecular formula is C14H20N4O2S. The molecule has 6 nitrogen and oxygen atoms in total. The quantitative estimate of drug-likeness (QED) is 0.856. The SMILES string of the molecule is CCc1nn2c(=O)cc(CN3C[C@@H](C)O[C@H](C)C3)nc2s1. The Morgan fingerprint density at radius 2 is 2.10 bits per heavy atom. The van der Waals surface area contributed by atoms with Crippen LogP contribution >= 0.6 is 11.3 Å². The summed E-state index contributed by atoms with van der Waals surface area (Å²) in [5, 5.41) is 5.20. The van der Waals surface area contributed by atoms with Crippen molar-refractivity contribution in [3.8, 4) is 0 Å². The van der Waals surface area contributed by atoms with Crippen LogP contribution in [0.25, 0.3) is 4.96 Å². The standard InChI is InChI=1S/C14H20N4O2S/c1-4-12-16-18-13(19)5-11(15-14(18)21-12)8-17-6-9(2)20-10(3)7-17/h5,9-10H,4,6-8H2,1-3H3/t9-,10-/m1/s1. The number of morpholine rings is 1. The first-order valence-corrected chi connectivity index (χ1v) is 8.13. The minimum atomic E-state index is -0.0969. The van der Waals surface area contributed by atoms with Gasteiger partial charge in [-0.1, -0.05) is 18.3 Å². The Labute approximate surface area is 127 Å². The lowest BCUT2D eigenvalue weighted by molar-refractivity contribution is -0.0707. The summed E-state index contributed by atoms with van der Waals surface area (Å²) < 4.78 is 7.13. The van der Waals surface area contributed by atoms with E-state index in [9.17, 15) is 4.79 Å². The van der Waals surface area contributed by atoms with Gasteiger partial charge in [-0.15, -0.1) is 0 Å². The minimum absolute atomic E-state index is 0.0969. The average molecular weight is 308 g/mol. The van der Waals surface area contributed by atoms with Gasteiger partial charge >= 0.3 is 0 Å². The van der Waals surface area contributed by atoms with Crippen molar-refractivity contribution in [2.75, 3.05) is 13.1 Å². The van der Waals surface area contributed by atoms with Crippen molar-refractivity contribution >= 4 is 16.3 Å². The Balaban J connectivity index is 1.85. The highest BCUT2D eigenvalue weighted by Crippen LogP contribution is 2.15. The highest BCUT2D eigenvalue weighted by Gasteiger charge is 2.22. The molecule has 0 radical (unpaired) electrons. The number of rotatable bonds is 3. The molecule has 0 aromatic carbocycles. The van der Waals surface area contributed by atoms with Crippen molar-refractivity contribution in [3.05, 3.63) is 27.1 Å². The molecule has 1 fully saturated rings. The van der Waals surface area contributed by atoms with Crippen LogP contribution < -0.4 is 5.56 Å². The molecule has 0 spiro atoms. The van der Waals surface area contributed by atoms with Gasteiger partial charge in [0, 0.05) is 25.7 Å². The van der Waals surface area contributed by atoms with Gasteiger partial charge in [0.25, 0.3) is 5.56 Å². The Kier molecular flexibility index (Phi) is 4.05. The lowest BCUT2D eigenvalue weighted by Gasteiger charge is -2.34. The van der Waals surface area contributed by atoms with E-state index in [-0.39, 0.29) is 17.8 Å². The fourth-order valence-corrected chi connectivity index (χ4v) is 3.62. The van der Waals surface area contributed by atoms with Gasteiger partial charge < -0.3 is 4.74 Å². The number of fused-ring (bicyclic) bond motifs is 1. The van der Waals surface area contributed by atoms with E-state index in [1.165, 1.54) is 15.9 Å². The number of hydrogen-bond donors (Lipinski definition) is 0. The molecule has 1 saturated heterocycles. The van der Waals surface area contributed by atoms with Gasteiger partial charge in [0.2, 0.25) is 4.96 Å². The molecule has 3 heterocycles. The van der Waals surface area contributed by atoms with Crippen molar-refractivity contribution < 1.29 is 4.74 Å². The average Bonchev–Trinajstić information content (AvgIpc) is 2.81. The minimum Gasteiger partial charge on any atom is -0.373 e. The van der Waals surface area contributed by atoms with Gasteiger partial charge in [-0.3, -0.25) is 9.69 Å². The molecule has 2 aromatic rings. The van der Waals surface area contributed by atoms with E-state index >= 15 is 0 Å². The van der Waals surface area contributed by atoms with Gasteiger partial charge in [0.05, 0.1) is 17.9 Å². The molecule has 0 bridgehead atoms. The van der Waals surface area contributed by atoms with Gasteiger partial charge in [0.1, 0.15) is 5.01 Å². The second-order valence-electron chi connectivity index (χ2n) is 5.58. The van der Waals surface area contributed by atoms with E-state index in [0.29, 0.717) is 11.5 Å². The number of aromatic nitrogens is 3. The van der Waals surface area contributed by atoms with E-state index in [1.54, 1.807) is 6.07 Å². The molecule has 0 aliphatic carbocycles. The molecule has 0 N–H and O–H groups in total. The maximum atomic E-state index is 12.1. The van der Waals surface area contributed by atoms with Gasteiger partial charge in [-0.2, -0.15) is 9.61 Å². The predicted octanol–water partition coefficient (Wildman–Crippen LogP) is 1.32. The number of hydrogen-bond acceptors (Lipinski definition) is 6. The van der Waals surface area contributed by atoms with Crippen molar-refractivity contribution in [1.29, 1.82) is 0 Å². The zero-order valence-corrected chi connectivity index (χ0v) is 13.4. The lowest BCUT2D eigenvalue weighted by atomic mass is 10.2. The maximum absolute atomic E-state index is 12.1. The summed E-state index contributed by atoms with van der Waals surface area (Å²) in [5.41, 5.74) is 0.716. The summed E-state index contributed by atoms with van der Waals surface area (Å²) >= 11 is 1.49. The van der Waals surface area contributed by atoms with E-state index < -0.39 is 0 Å². The first kappa shape index (κ1) is 14.6. The van der Waals surface area contributed by atoms with Crippen LogP contribution in [0, 0.1) is 0 Å². The Morgan fingerprint density at radius 1 is 1.38 bits per heavy atom. The summed E-state index contributed by atoms with van der Waals surface area (Å²) in [4.78, 5) is 19.7. The second-order valence-corrected chi connectivity index (χ2v) is 6.62. The first-order chi connectivity index (χ1) is 10.0. The molecule has 0 amide bonds. The second kappa shape index (κ2) is 5.82. The van der Waals surface area contributed by atoms with Crippen LogP contribution in [-0.4, -0.2) is 44.8 Å². The fourth-order valence-electron chi connectivity index (χ4n) is 2.76. The van der Waals surface area contributed by atoms with Crippen LogP contribution in [0.15, 0.2) is 10.9 Å². The van der Waals surface area contributed by atoms with E-state index in [0.717, 1.165) is 30.2 Å². The molecule has 21 heavy (non-hydrogen) atoms. The van der Waals surface area contributed by atoms with Gasteiger partial charge in [0.15, 0.2) is 0 Å². The van der Waals surface area contributed by atoms with Gasteiger partial charge in [-0.25, -0.2) is 4.98 Å². The monoisotopic (exact) mass is 308 g/mol. The van der Waals surface area contributed by atoms with Crippen molar-refractivity contribution in [2.45, 2.75) is 45.9 Å². The number of ether oxygens (including phenoxy) is 1. The topological polar surface area (TPSA) is 59.7 Å².